The number of anilines is 2. The van der Waals surface area contributed by atoms with Gasteiger partial charge in [-0.2, -0.15) is 0 Å². The summed E-state index contributed by atoms with van der Waals surface area (Å²) in [4.78, 5) is 41.5. The first kappa shape index (κ1) is 33.0. The van der Waals surface area contributed by atoms with E-state index in [0.29, 0.717) is 11.3 Å². The number of hydrogen-bond acceptors (Lipinski definition) is 4. The van der Waals surface area contributed by atoms with Gasteiger partial charge in [0.05, 0.1) is 0 Å². The third kappa shape index (κ3) is 8.15. The normalized spacial score (nSPS) is 11.8. The first-order valence-electron chi connectivity index (χ1n) is 15.9. The lowest BCUT2D eigenvalue weighted by Gasteiger charge is -2.19. The molecule has 0 bridgehead atoms. The van der Waals surface area contributed by atoms with Gasteiger partial charge in [-0.3, -0.25) is 14.4 Å². The van der Waals surface area contributed by atoms with Crippen LogP contribution in [0.4, 0.5) is 11.4 Å². The van der Waals surface area contributed by atoms with E-state index < -0.39 is 11.2 Å². The van der Waals surface area contributed by atoms with Crippen molar-refractivity contribution in [2.45, 2.75) is 24.0 Å². The van der Waals surface area contributed by atoms with Gasteiger partial charge in [-0.15, -0.1) is 11.8 Å². The Morgan fingerprint density at radius 1 is 0.633 bits per heavy atom. The molecule has 7 heteroatoms. The summed E-state index contributed by atoms with van der Waals surface area (Å²) in [5, 5.41) is 10.4. The van der Waals surface area contributed by atoms with Crippen LogP contribution >= 0.6 is 11.8 Å². The lowest BCUT2D eigenvalue weighted by atomic mass is 10.0. The first-order chi connectivity index (χ1) is 23.9. The molecular formula is C42H35N3O3S. The van der Waals surface area contributed by atoms with Crippen molar-refractivity contribution in [1.29, 1.82) is 0 Å². The maximum Gasteiger partial charge on any atom is 0.272 e. The van der Waals surface area contributed by atoms with E-state index in [9.17, 15) is 14.4 Å². The van der Waals surface area contributed by atoms with Gasteiger partial charge in [0.25, 0.3) is 11.8 Å². The number of thioether (sulfide) groups is 1. The highest BCUT2D eigenvalue weighted by Crippen LogP contribution is 2.37. The molecule has 6 nitrogen and oxygen atoms in total. The van der Waals surface area contributed by atoms with E-state index >= 15 is 0 Å². The van der Waals surface area contributed by atoms with Gasteiger partial charge in [-0.05, 0) is 89.3 Å². The summed E-state index contributed by atoms with van der Waals surface area (Å²) in [5.74, 6) is -0.976. The Labute approximate surface area is 290 Å². The molecule has 3 N–H and O–H groups in total. The predicted molar refractivity (Wildman–Crippen MR) is 200 cm³/mol. The van der Waals surface area contributed by atoms with Gasteiger partial charge in [-0.25, -0.2) is 0 Å². The highest BCUT2D eigenvalue weighted by molar-refractivity contribution is 8.00. The quantitative estimate of drug-likeness (QED) is 0.101. The minimum absolute atomic E-state index is 0.107. The molecule has 242 valence electrons. The van der Waals surface area contributed by atoms with Gasteiger partial charge in [0.1, 0.15) is 10.9 Å². The summed E-state index contributed by atoms with van der Waals surface area (Å²) in [7, 11) is 0. The highest BCUT2D eigenvalue weighted by atomic mass is 32.2. The summed E-state index contributed by atoms with van der Waals surface area (Å²) in [5.41, 5.74) is 5.59. The summed E-state index contributed by atoms with van der Waals surface area (Å²) < 4.78 is 0. The van der Waals surface area contributed by atoms with Gasteiger partial charge < -0.3 is 16.0 Å². The van der Waals surface area contributed by atoms with E-state index in [0.717, 1.165) is 43.6 Å². The van der Waals surface area contributed by atoms with Crippen molar-refractivity contribution in [1.82, 2.24) is 5.32 Å². The van der Waals surface area contributed by atoms with Crippen LogP contribution in [0.1, 0.15) is 37.9 Å². The molecule has 0 saturated heterocycles. The topological polar surface area (TPSA) is 87.3 Å². The maximum atomic E-state index is 13.7. The molecule has 6 aromatic rings. The molecule has 6 aromatic carbocycles. The second kappa shape index (κ2) is 15.3. The minimum Gasteiger partial charge on any atom is -0.324 e. The Balaban J connectivity index is 1.23. The molecular weight excluding hydrogens is 627 g/mol. The summed E-state index contributed by atoms with van der Waals surface area (Å²) in [6, 6.07) is 45.5. The van der Waals surface area contributed by atoms with Gasteiger partial charge in [0, 0.05) is 21.8 Å². The standard InChI is InChI=1S/C42H35N3O3S/c1-28-13-11-14-29(2)38(28)45-42(48)39(31-16-5-3-6-17-31)49-35-25-23-34(24-26-35)43-41(47)37(44-40(46)32-18-7-4-8-19-32)27-33-21-12-20-30-15-9-10-22-36(30)33/h3-27,39H,1-2H3,(H,43,47)(H,44,46)(H,45,48)/b37-27-. The molecule has 0 radical (unpaired) electrons. The van der Waals surface area contributed by atoms with E-state index in [1.165, 1.54) is 11.8 Å². The van der Waals surface area contributed by atoms with Crippen LogP contribution in [0.2, 0.25) is 0 Å². The molecule has 1 unspecified atom stereocenters. The zero-order chi connectivity index (χ0) is 34.2. The summed E-state index contributed by atoms with van der Waals surface area (Å²) in [6.07, 6.45) is 1.70. The number of para-hydroxylation sites is 1. The van der Waals surface area contributed by atoms with Crippen molar-refractivity contribution in [2.75, 3.05) is 10.6 Å². The average Bonchev–Trinajstić information content (AvgIpc) is 3.13. The number of carbonyl (C=O) groups is 3. The van der Waals surface area contributed by atoms with Crippen LogP contribution in [0.15, 0.2) is 156 Å². The van der Waals surface area contributed by atoms with E-state index in [1.54, 1.807) is 42.5 Å². The van der Waals surface area contributed by atoms with Crippen LogP contribution < -0.4 is 16.0 Å². The molecule has 0 spiro atoms. The van der Waals surface area contributed by atoms with E-state index in [4.69, 9.17) is 0 Å². The van der Waals surface area contributed by atoms with Gasteiger partial charge in [0.2, 0.25) is 5.91 Å². The number of fused-ring (bicyclic) bond motifs is 1. The molecule has 49 heavy (non-hydrogen) atoms. The zero-order valence-corrected chi connectivity index (χ0v) is 28.0. The third-order valence-corrected chi connectivity index (χ3v) is 9.35. The fourth-order valence-electron chi connectivity index (χ4n) is 5.53. The molecule has 0 aliphatic rings. The summed E-state index contributed by atoms with van der Waals surface area (Å²) in [6.45, 7) is 3.96. The highest BCUT2D eigenvalue weighted by Gasteiger charge is 2.23. The number of rotatable bonds is 10. The molecule has 0 aliphatic heterocycles. The lowest BCUT2D eigenvalue weighted by molar-refractivity contribution is -0.116. The Morgan fingerprint density at radius 3 is 1.96 bits per heavy atom. The van der Waals surface area contributed by atoms with Gasteiger partial charge in [-0.1, -0.05) is 109 Å². The fraction of sp³-hybridized carbons (Fsp3) is 0.0714. The van der Waals surface area contributed by atoms with Crippen molar-refractivity contribution in [3.63, 3.8) is 0 Å². The lowest BCUT2D eigenvalue weighted by Crippen LogP contribution is -2.30. The first-order valence-corrected chi connectivity index (χ1v) is 16.8. The SMILES string of the molecule is Cc1cccc(C)c1NC(=O)C(Sc1ccc(NC(=O)/C(=C/c2cccc3ccccc23)NC(=O)c2ccccc2)cc1)c1ccccc1. The van der Waals surface area contributed by atoms with Crippen LogP contribution in [-0.2, 0) is 9.59 Å². The van der Waals surface area contributed by atoms with E-state index in [1.807, 2.05) is 123 Å². The summed E-state index contributed by atoms with van der Waals surface area (Å²) >= 11 is 1.43. The van der Waals surface area contributed by atoms with Crippen LogP contribution in [0, 0.1) is 13.8 Å². The van der Waals surface area contributed by atoms with Gasteiger partial charge >= 0.3 is 0 Å². The molecule has 3 amide bonds. The van der Waals surface area contributed by atoms with Crippen molar-refractivity contribution >= 4 is 57.7 Å². The molecule has 0 saturated carbocycles. The van der Waals surface area contributed by atoms with Gasteiger partial charge in [0.15, 0.2) is 0 Å². The fourth-order valence-corrected chi connectivity index (χ4v) is 6.55. The largest absolute Gasteiger partial charge is 0.324 e. The number of nitrogens with one attached hydrogen (secondary N) is 3. The second-order valence-electron chi connectivity index (χ2n) is 11.6. The Kier molecular flexibility index (Phi) is 10.3. The van der Waals surface area contributed by atoms with Crippen molar-refractivity contribution in [3.8, 4) is 0 Å². The number of carbonyl (C=O) groups excluding carboxylic acids is 3. The molecule has 1 atom stereocenters. The molecule has 0 fully saturated rings. The predicted octanol–water partition coefficient (Wildman–Crippen LogP) is 9.34. The van der Waals surface area contributed by atoms with Crippen LogP contribution in [0.5, 0.6) is 0 Å². The molecule has 0 aromatic heterocycles. The monoisotopic (exact) mass is 661 g/mol. The third-order valence-electron chi connectivity index (χ3n) is 8.09. The minimum atomic E-state index is -0.510. The number of hydrogen-bond donors (Lipinski definition) is 3. The molecule has 6 rings (SSSR count). The van der Waals surface area contributed by atoms with Crippen LogP contribution in [0.25, 0.3) is 16.8 Å². The van der Waals surface area contributed by atoms with Crippen molar-refractivity contribution in [2.24, 2.45) is 0 Å². The molecule has 0 heterocycles. The maximum absolute atomic E-state index is 13.7. The smallest absolute Gasteiger partial charge is 0.272 e. The number of aryl methyl sites for hydroxylation is 2. The van der Waals surface area contributed by atoms with Crippen LogP contribution in [0.3, 0.4) is 0 Å². The van der Waals surface area contributed by atoms with E-state index in [2.05, 4.69) is 16.0 Å². The molecule has 0 aliphatic carbocycles. The Hall–Kier alpha value is -5.92. The Bertz CT molecular complexity index is 2120. The Morgan fingerprint density at radius 2 is 1.24 bits per heavy atom. The number of benzene rings is 6. The second-order valence-corrected chi connectivity index (χ2v) is 12.8. The van der Waals surface area contributed by atoms with Crippen LogP contribution in [-0.4, -0.2) is 17.7 Å². The average molecular weight is 662 g/mol. The van der Waals surface area contributed by atoms with Crippen molar-refractivity contribution in [3.05, 3.63) is 179 Å². The van der Waals surface area contributed by atoms with E-state index in [-0.39, 0.29) is 17.5 Å². The zero-order valence-electron chi connectivity index (χ0n) is 27.1. The number of amides is 3. The van der Waals surface area contributed by atoms with Crippen molar-refractivity contribution < 1.29 is 14.4 Å².